The lowest BCUT2D eigenvalue weighted by Crippen LogP contribution is -2.12. The number of halogens is 2. The maximum Gasteiger partial charge on any atom is 0.231 e. The van der Waals surface area contributed by atoms with E-state index in [1.54, 1.807) is 36.0 Å². The summed E-state index contributed by atoms with van der Waals surface area (Å²) in [5.74, 6) is 0.948. The van der Waals surface area contributed by atoms with Crippen LogP contribution < -0.4 is 10.5 Å². The predicted molar refractivity (Wildman–Crippen MR) is 92.0 cm³/mol. The van der Waals surface area contributed by atoms with Gasteiger partial charge in [-0.2, -0.15) is 0 Å². The van der Waals surface area contributed by atoms with Gasteiger partial charge in [-0.15, -0.1) is 16.7 Å². The number of amidine groups is 1. The molecule has 0 aliphatic carbocycles. The zero-order chi connectivity index (χ0) is 16.4. The van der Waals surface area contributed by atoms with Crippen molar-refractivity contribution in [2.24, 2.45) is 10.7 Å². The van der Waals surface area contributed by atoms with Gasteiger partial charge in [0.1, 0.15) is 5.84 Å². The Bertz CT molecular complexity index is 891. The van der Waals surface area contributed by atoms with Gasteiger partial charge in [0.15, 0.2) is 5.65 Å². The minimum absolute atomic E-state index is 0.138. The van der Waals surface area contributed by atoms with Gasteiger partial charge in [0.25, 0.3) is 0 Å². The first-order valence-corrected chi connectivity index (χ1v) is 7.61. The molecular formula is C15H13Cl2N5O. The van der Waals surface area contributed by atoms with Gasteiger partial charge in [-0.05, 0) is 18.2 Å². The molecular weight excluding hydrogens is 337 g/mol. The van der Waals surface area contributed by atoms with Crippen LogP contribution in [-0.2, 0) is 0 Å². The van der Waals surface area contributed by atoms with E-state index < -0.39 is 0 Å². The van der Waals surface area contributed by atoms with Crippen LogP contribution in [0, 0.1) is 0 Å². The quantitative estimate of drug-likeness (QED) is 0.445. The third kappa shape index (κ3) is 3.23. The number of rotatable bonds is 4. The van der Waals surface area contributed by atoms with Crippen molar-refractivity contribution in [2.45, 2.75) is 0 Å². The number of benzene rings is 1. The molecule has 0 radical (unpaired) electrons. The first-order chi connectivity index (χ1) is 11.1. The number of alkyl halides is 1. The number of aromatic nitrogens is 3. The van der Waals surface area contributed by atoms with E-state index in [1.807, 2.05) is 12.1 Å². The normalized spacial score (nSPS) is 11.9. The molecule has 0 atom stereocenters. The summed E-state index contributed by atoms with van der Waals surface area (Å²) in [5.41, 5.74) is 8.51. The van der Waals surface area contributed by atoms with Crippen molar-refractivity contribution < 1.29 is 4.74 Å². The summed E-state index contributed by atoms with van der Waals surface area (Å²) in [6, 6.07) is 8.99. The predicted octanol–water partition coefficient (Wildman–Crippen LogP) is 3.29. The van der Waals surface area contributed by atoms with Crippen molar-refractivity contribution in [1.82, 2.24) is 14.6 Å². The minimum atomic E-state index is 0.138. The van der Waals surface area contributed by atoms with Crippen LogP contribution in [0.3, 0.4) is 0 Å². The second-order valence-electron chi connectivity index (χ2n) is 4.71. The van der Waals surface area contributed by atoms with Crippen LogP contribution in [-0.4, -0.2) is 33.4 Å². The molecule has 0 bridgehead atoms. The number of nitrogens with two attached hydrogens (primary N) is 1. The highest BCUT2D eigenvalue weighted by Gasteiger charge is 2.09. The molecule has 2 heterocycles. The lowest BCUT2D eigenvalue weighted by Gasteiger charge is -2.03. The van der Waals surface area contributed by atoms with Gasteiger partial charge in [0, 0.05) is 11.6 Å². The van der Waals surface area contributed by atoms with Crippen molar-refractivity contribution in [1.29, 1.82) is 0 Å². The summed E-state index contributed by atoms with van der Waals surface area (Å²) in [7, 11) is 1.57. The van der Waals surface area contributed by atoms with E-state index in [9.17, 15) is 0 Å². The van der Waals surface area contributed by atoms with E-state index in [4.69, 9.17) is 33.7 Å². The van der Waals surface area contributed by atoms with Crippen LogP contribution in [0.4, 0.5) is 5.69 Å². The molecule has 6 nitrogen and oxygen atoms in total. The first-order valence-electron chi connectivity index (χ1n) is 6.70. The van der Waals surface area contributed by atoms with E-state index >= 15 is 0 Å². The number of hydrogen-bond donors (Lipinski definition) is 1. The molecule has 2 N–H and O–H groups in total. The first kappa shape index (κ1) is 15.6. The number of methoxy groups -OCH3 is 1. The van der Waals surface area contributed by atoms with Crippen LogP contribution >= 0.6 is 23.2 Å². The zero-order valence-electron chi connectivity index (χ0n) is 12.2. The van der Waals surface area contributed by atoms with Gasteiger partial charge in [0.2, 0.25) is 5.88 Å². The average molecular weight is 350 g/mol. The topological polar surface area (TPSA) is 77.8 Å². The maximum absolute atomic E-state index is 6.14. The summed E-state index contributed by atoms with van der Waals surface area (Å²) >= 11 is 11.8. The molecule has 23 heavy (non-hydrogen) atoms. The number of nitrogens with zero attached hydrogens (tertiary/aromatic N) is 4. The van der Waals surface area contributed by atoms with Gasteiger partial charge in [-0.1, -0.05) is 17.7 Å². The van der Waals surface area contributed by atoms with E-state index in [0.717, 1.165) is 11.3 Å². The molecule has 8 heteroatoms. The Balaban J connectivity index is 2.06. The van der Waals surface area contributed by atoms with Gasteiger partial charge >= 0.3 is 0 Å². The van der Waals surface area contributed by atoms with Gasteiger partial charge in [-0.25, -0.2) is 14.5 Å². The van der Waals surface area contributed by atoms with E-state index in [-0.39, 0.29) is 5.88 Å². The minimum Gasteiger partial charge on any atom is -0.480 e. The molecule has 0 aliphatic rings. The third-order valence-electron chi connectivity index (χ3n) is 3.15. The number of hydrogen-bond acceptors (Lipinski definition) is 4. The van der Waals surface area contributed by atoms with Crippen LogP contribution in [0.25, 0.3) is 16.9 Å². The Labute approximate surface area is 142 Å². The largest absolute Gasteiger partial charge is 0.480 e. The maximum atomic E-state index is 6.14. The van der Waals surface area contributed by atoms with Crippen LogP contribution in [0.1, 0.15) is 0 Å². The molecule has 3 aromatic rings. The molecule has 2 aromatic heterocycles. The fourth-order valence-electron chi connectivity index (χ4n) is 2.05. The summed E-state index contributed by atoms with van der Waals surface area (Å²) in [6.45, 7) is 0. The summed E-state index contributed by atoms with van der Waals surface area (Å²) in [6.07, 6.45) is 1.81. The SMILES string of the molecule is COc1ccc2nc(-c3ccc(Cl)c(N=C(N)CCl)c3)cn2n1. The Morgan fingerprint density at radius 2 is 2.17 bits per heavy atom. The van der Waals surface area contributed by atoms with Crippen LogP contribution in [0.15, 0.2) is 41.5 Å². The molecule has 118 valence electrons. The molecule has 0 unspecified atom stereocenters. The highest BCUT2D eigenvalue weighted by atomic mass is 35.5. The highest BCUT2D eigenvalue weighted by molar-refractivity contribution is 6.33. The Morgan fingerprint density at radius 3 is 2.91 bits per heavy atom. The average Bonchev–Trinajstić information content (AvgIpc) is 2.99. The Morgan fingerprint density at radius 1 is 1.35 bits per heavy atom. The second-order valence-corrected chi connectivity index (χ2v) is 5.38. The Kier molecular flexibility index (Phi) is 4.36. The van der Waals surface area contributed by atoms with Crippen molar-refractivity contribution in [3.63, 3.8) is 0 Å². The van der Waals surface area contributed by atoms with Crippen molar-refractivity contribution in [2.75, 3.05) is 13.0 Å². The third-order valence-corrected chi connectivity index (χ3v) is 3.74. The number of aliphatic imine (C=N–C) groups is 1. The molecule has 1 aromatic carbocycles. The van der Waals surface area contributed by atoms with Gasteiger partial charge in [-0.3, -0.25) is 0 Å². The van der Waals surface area contributed by atoms with E-state index in [1.165, 1.54) is 0 Å². The van der Waals surface area contributed by atoms with Crippen molar-refractivity contribution in [3.05, 3.63) is 41.6 Å². The lowest BCUT2D eigenvalue weighted by atomic mass is 10.1. The molecule has 0 aliphatic heterocycles. The van der Waals surface area contributed by atoms with Gasteiger partial charge < -0.3 is 10.5 Å². The summed E-state index contributed by atoms with van der Waals surface area (Å²) in [5, 5.41) is 4.77. The fourth-order valence-corrected chi connectivity index (χ4v) is 2.27. The lowest BCUT2D eigenvalue weighted by molar-refractivity contribution is 0.390. The smallest absolute Gasteiger partial charge is 0.231 e. The van der Waals surface area contributed by atoms with Crippen molar-refractivity contribution in [3.8, 4) is 17.1 Å². The number of ether oxygens (including phenoxy) is 1. The standard InChI is InChI=1S/C15H13Cl2N5O/c1-23-15-5-4-14-20-12(8-22(14)21-15)9-2-3-10(17)11(6-9)19-13(18)7-16/h2-6,8H,7H2,1H3,(H2,18,19). The molecule has 0 amide bonds. The molecule has 0 fully saturated rings. The van der Waals surface area contributed by atoms with E-state index in [2.05, 4.69) is 15.1 Å². The molecule has 3 rings (SSSR count). The molecule has 0 saturated carbocycles. The molecule has 0 saturated heterocycles. The van der Waals surface area contributed by atoms with Gasteiger partial charge in [0.05, 0.1) is 35.6 Å². The Hall–Kier alpha value is -2.31. The van der Waals surface area contributed by atoms with Crippen molar-refractivity contribution >= 4 is 40.4 Å². The van der Waals surface area contributed by atoms with Crippen LogP contribution in [0.2, 0.25) is 5.02 Å². The number of imidazole rings is 1. The monoisotopic (exact) mass is 349 g/mol. The van der Waals surface area contributed by atoms with E-state index in [0.29, 0.717) is 28.1 Å². The molecule has 0 spiro atoms. The number of fused-ring (bicyclic) bond motifs is 1. The highest BCUT2D eigenvalue weighted by Crippen LogP contribution is 2.30. The fraction of sp³-hybridized carbons (Fsp3) is 0.133. The summed E-state index contributed by atoms with van der Waals surface area (Å²) < 4.78 is 6.76. The zero-order valence-corrected chi connectivity index (χ0v) is 13.7. The second kappa shape index (κ2) is 6.44. The summed E-state index contributed by atoms with van der Waals surface area (Å²) in [4.78, 5) is 8.73. The van der Waals surface area contributed by atoms with Crippen LogP contribution in [0.5, 0.6) is 5.88 Å².